The molecule has 3 unspecified atom stereocenters. The Bertz CT molecular complexity index is 763. The van der Waals surface area contributed by atoms with Gasteiger partial charge in [0, 0.05) is 25.6 Å². The lowest BCUT2D eigenvalue weighted by Crippen LogP contribution is -2.38. The van der Waals surface area contributed by atoms with Gasteiger partial charge in [0.2, 0.25) is 0 Å². The number of nitrogens with one attached hydrogen (secondary N) is 2. The van der Waals surface area contributed by atoms with Gasteiger partial charge in [-0.25, -0.2) is 9.59 Å². The lowest BCUT2D eigenvalue weighted by atomic mass is 10.0. The number of ketones is 2. The fourth-order valence-electron chi connectivity index (χ4n) is 4.17. The summed E-state index contributed by atoms with van der Waals surface area (Å²) in [5, 5.41) is 12.7. The van der Waals surface area contributed by atoms with Gasteiger partial charge >= 0.3 is 12.2 Å². The second-order valence-electron chi connectivity index (χ2n) is 11.4. The minimum absolute atomic E-state index is 0. The van der Waals surface area contributed by atoms with E-state index in [1.54, 1.807) is 19.9 Å². The van der Waals surface area contributed by atoms with Crippen molar-refractivity contribution in [3.05, 3.63) is 11.6 Å². The van der Waals surface area contributed by atoms with Gasteiger partial charge in [0.25, 0.3) is 0 Å². The van der Waals surface area contributed by atoms with Crippen LogP contribution in [-0.2, 0) is 19.1 Å². The van der Waals surface area contributed by atoms with E-state index in [0.717, 1.165) is 51.2 Å². The van der Waals surface area contributed by atoms with Crippen molar-refractivity contribution in [3.63, 3.8) is 0 Å². The third kappa shape index (κ3) is 19.4. The highest BCUT2D eigenvalue weighted by atomic mass is 16.6. The Morgan fingerprint density at radius 2 is 1.35 bits per heavy atom. The maximum absolute atomic E-state index is 11.5. The van der Waals surface area contributed by atoms with E-state index in [0.29, 0.717) is 12.3 Å². The van der Waals surface area contributed by atoms with Gasteiger partial charge in [0.1, 0.15) is 17.0 Å². The number of Topliss-reactive ketones (excluding diaryl/α,β-unsaturated/α-hetero) is 1. The van der Waals surface area contributed by atoms with Crippen LogP contribution in [0.1, 0.15) is 108 Å². The number of allylic oxidation sites excluding steroid dienone is 1. The van der Waals surface area contributed by atoms with Crippen molar-refractivity contribution in [1.29, 1.82) is 0 Å². The number of aliphatic hydroxyl groups is 1. The fourth-order valence-corrected chi connectivity index (χ4v) is 4.17. The number of hydrogen-bond donors (Lipinski definition) is 3. The van der Waals surface area contributed by atoms with Crippen molar-refractivity contribution >= 4 is 23.8 Å². The zero-order chi connectivity index (χ0) is 28.1. The highest BCUT2D eigenvalue weighted by molar-refractivity contribution is 5.88. The second kappa shape index (κ2) is 17.2. The van der Waals surface area contributed by atoms with Gasteiger partial charge in [-0.2, -0.15) is 0 Å². The molecular weight excluding hydrogens is 476 g/mol. The van der Waals surface area contributed by atoms with Gasteiger partial charge in [-0.05, 0) is 106 Å². The number of alkyl carbamates (subject to hydrolysis) is 2. The van der Waals surface area contributed by atoms with Crippen LogP contribution >= 0.6 is 0 Å². The summed E-state index contributed by atoms with van der Waals surface area (Å²) in [6.45, 7) is 14.2. The zero-order valence-corrected chi connectivity index (χ0v) is 23.7. The largest absolute Gasteiger partial charge is 0.444 e. The van der Waals surface area contributed by atoms with Crippen LogP contribution in [0.3, 0.4) is 0 Å². The SMILES string of the molecule is C.CC(=O)/C=C1\CCC(NC(=O)OC(C)(C)C)C1.CC(=O)CC1CCC(NC(=O)OC(C)(C)C)C1.CO. The maximum atomic E-state index is 11.5. The number of aliphatic hydroxyl groups excluding tert-OH is 1. The van der Waals surface area contributed by atoms with Crippen molar-refractivity contribution < 1.29 is 33.8 Å². The van der Waals surface area contributed by atoms with Gasteiger partial charge < -0.3 is 30.0 Å². The minimum Gasteiger partial charge on any atom is -0.444 e. The average Bonchev–Trinajstić information content (AvgIpc) is 3.29. The predicted octanol–water partition coefficient (Wildman–Crippen LogP) is 5.48. The standard InChI is InChI=1S/C13H23NO3.C13H21NO3.CH4O.CH4/c2*1-9(15)7-10-5-6-11(8-10)14-12(16)17-13(2,3)4;1-2;/h10-11H,5-8H2,1-4H3,(H,14,16);7,11H,5-6,8H2,1-4H3,(H,14,16);2H,1H3;1H4/b;10-7+;;. The number of carbonyl (C=O) groups excluding carboxylic acids is 4. The summed E-state index contributed by atoms with van der Waals surface area (Å²) < 4.78 is 10.4. The minimum atomic E-state index is -0.471. The van der Waals surface area contributed by atoms with Crippen LogP contribution in [0.25, 0.3) is 0 Å². The van der Waals surface area contributed by atoms with Crippen LogP contribution in [0.15, 0.2) is 11.6 Å². The molecule has 3 N–H and O–H groups in total. The number of hydrogen-bond acceptors (Lipinski definition) is 7. The average molecular weight is 529 g/mol. The van der Waals surface area contributed by atoms with Crippen molar-refractivity contribution in [3.8, 4) is 0 Å². The maximum Gasteiger partial charge on any atom is 0.407 e. The predicted molar refractivity (Wildman–Crippen MR) is 146 cm³/mol. The Kier molecular flexibility index (Phi) is 17.0. The number of amides is 2. The number of carbonyl (C=O) groups is 4. The van der Waals surface area contributed by atoms with E-state index >= 15 is 0 Å². The molecule has 0 aromatic rings. The van der Waals surface area contributed by atoms with Crippen LogP contribution < -0.4 is 10.6 Å². The molecule has 0 radical (unpaired) electrons. The molecule has 9 heteroatoms. The Morgan fingerprint density at radius 3 is 1.78 bits per heavy atom. The molecule has 2 fully saturated rings. The lowest BCUT2D eigenvalue weighted by molar-refractivity contribution is -0.118. The van der Waals surface area contributed by atoms with Gasteiger partial charge in [0.05, 0.1) is 0 Å². The Hall–Kier alpha value is -2.42. The molecule has 0 heterocycles. The van der Waals surface area contributed by atoms with Gasteiger partial charge in [-0.15, -0.1) is 0 Å². The smallest absolute Gasteiger partial charge is 0.407 e. The molecule has 0 bridgehead atoms. The molecule has 9 nitrogen and oxygen atoms in total. The Labute approximate surface area is 224 Å². The molecule has 2 aliphatic rings. The van der Waals surface area contributed by atoms with E-state index in [9.17, 15) is 19.2 Å². The first kappa shape index (κ1) is 36.7. The molecule has 0 spiro atoms. The van der Waals surface area contributed by atoms with E-state index in [2.05, 4.69) is 10.6 Å². The highest BCUT2D eigenvalue weighted by Gasteiger charge is 2.28. The molecule has 2 amide bonds. The van der Waals surface area contributed by atoms with E-state index in [1.165, 1.54) is 0 Å². The summed E-state index contributed by atoms with van der Waals surface area (Å²) in [4.78, 5) is 45.0. The van der Waals surface area contributed by atoms with Gasteiger partial charge in [-0.3, -0.25) is 4.79 Å². The normalized spacial score (nSPS) is 21.8. The topological polar surface area (TPSA) is 131 Å². The van der Waals surface area contributed by atoms with Crippen LogP contribution in [0.5, 0.6) is 0 Å². The van der Waals surface area contributed by atoms with Crippen molar-refractivity contribution in [2.45, 2.75) is 131 Å². The molecule has 216 valence electrons. The molecule has 37 heavy (non-hydrogen) atoms. The van der Waals surface area contributed by atoms with E-state index in [1.807, 2.05) is 41.5 Å². The molecule has 0 aromatic carbocycles. The first-order chi connectivity index (χ1) is 16.5. The first-order valence-electron chi connectivity index (χ1n) is 12.7. The summed E-state index contributed by atoms with van der Waals surface area (Å²) in [5.41, 5.74) is 0.181. The Balaban J connectivity index is 0. The third-order valence-electron chi connectivity index (χ3n) is 5.29. The number of ether oxygens (including phenoxy) is 2. The summed E-state index contributed by atoms with van der Waals surface area (Å²) >= 11 is 0. The number of rotatable bonds is 5. The third-order valence-corrected chi connectivity index (χ3v) is 5.29. The lowest BCUT2D eigenvalue weighted by Gasteiger charge is -2.21. The molecule has 3 atom stereocenters. The molecule has 0 aliphatic heterocycles. The molecule has 2 rings (SSSR count). The van der Waals surface area contributed by atoms with Crippen molar-refractivity contribution in [1.82, 2.24) is 10.6 Å². The van der Waals surface area contributed by atoms with Crippen LogP contribution in [0.4, 0.5) is 9.59 Å². The van der Waals surface area contributed by atoms with E-state index in [4.69, 9.17) is 14.6 Å². The van der Waals surface area contributed by atoms with Crippen LogP contribution in [-0.4, -0.2) is 59.3 Å². The van der Waals surface area contributed by atoms with Crippen LogP contribution in [0.2, 0.25) is 0 Å². The quantitative estimate of drug-likeness (QED) is 0.403. The zero-order valence-electron chi connectivity index (χ0n) is 23.7. The summed E-state index contributed by atoms with van der Waals surface area (Å²) in [6, 6.07) is 0.254. The van der Waals surface area contributed by atoms with Gasteiger partial charge in [-0.1, -0.05) is 13.0 Å². The monoisotopic (exact) mass is 528 g/mol. The van der Waals surface area contributed by atoms with E-state index < -0.39 is 11.2 Å². The summed E-state index contributed by atoms with van der Waals surface area (Å²) in [5.74, 6) is 0.721. The van der Waals surface area contributed by atoms with Crippen molar-refractivity contribution in [2.24, 2.45) is 5.92 Å². The molecular formula is C28H52N2O7. The van der Waals surface area contributed by atoms with E-state index in [-0.39, 0.29) is 43.3 Å². The highest BCUT2D eigenvalue weighted by Crippen LogP contribution is 2.28. The molecule has 0 saturated heterocycles. The van der Waals surface area contributed by atoms with Crippen molar-refractivity contribution in [2.75, 3.05) is 7.11 Å². The van der Waals surface area contributed by atoms with Crippen LogP contribution in [0, 0.1) is 5.92 Å². The van der Waals surface area contributed by atoms with Gasteiger partial charge in [0.15, 0.2) is 5.78 Å². The fraction of sp³-hybridized carbons (Fsp3) is 0.786. The molecule has 0 aromatic heterocycles. The second-order valence-corrected chi connectivity index (χ2v) is 11.4. The summed E-state index contributed by atoms with van der Waals surface area (Å²) in [7, 11) is 1.00. The first-order valence-corrected chi connectivity index (χ1v) is 12.7. The molecule has 2 aliphatic carbocycles. The summed E-state index contributed by atoms with van der Waals surface area (Å²) in [6.07, 6.45) is 6.90. The Morgan fingerprint density at radius 1 is 0.865 bits per heavy atom. The molecule has 2 saturated carbocycles.